The van der Waals surface area contributed by atoms with Gasteiger partial charge >= 0.3 is 0 Å². The number of aromatic nitrogens is 1. The summed E-state index contributed by atoms with van der Waals surface area (Å²) in [6, 6.07) is 2.32. The Morgan fingerprint density at radius 3 is 2.64 bits per heavy atom. The molecular formula is C14H22ClN3O3S. The first-order valence-electron chi connectivity index (χ1n) is 7.12. The van der Waals surface area contributed by atoms with Crippen LogP contribution in [0.15, 0.2) is 23.2 Å². The lowest BCUT2D eigenvalue weighted by atomic mass is 10.1. The Kier molecular flexibility index (Phi) is 7.25. The molecule has 2 N–H and O–H groups in total. The number of sulfonamides is 1. The molecule has 0 unspecified atom stereocenters. The van der Waals surface area contributed by atoms with Gasteiger partial charge in [-0.3, -0.25) is 4.79 Å². The molecule has 0 saturated carbocycles. The Bertz CT molecular complexity index is 605. The molecule has 1 aromatic rings. The van der Waals surface area contributed by atoms with Crippen LogP contribution in [0.1, 0.15) is 33.6 Å². The van der Waals surface area contributed by atoms with Gasteiger partial charge in [0.15, 0.2) is 0 Å². The van der Waals surface area contributed by atoms with Crippen molar-refractivity contribution in [2.75, 3.05) is 6.54 Å². The van der Waals surface area contributed by atoms with Crippen LogP contribution in [0.4, 0.5) is 0 Å². The Labute approximate surface area is 136 Å². The van der Waals surface area contributed by atoms with Gasteiger partial charge in [-0.1, -0.05) is 25.4 Å². The molecule has 1 heterocycles. The van der Waals surface area contributed by atoms with Gasteiger partial charge in [-0.2, -0.15) is 0 Å². The highest BCUT2D eigenvalue weighted by Gasteiger charge is 2.22. The summed E-state index contributed by atoms with van der Waals surface area (Å²) in [6.45, 7) is 6.36. The Morgan fingerprint density at radius 1 is 1.36 bits per heavy atom. The standard InChI is InChI=1S/C14H22ClN3O3S/c1-10(2)6-8-16-13(19)9-11(3)18-22(20,21)12-5-4-7-17-14(12)15/h4-5,7,10-11,18H,6,8-9H2,1-3H3,(H,16,19)/t11-/m1/s1. The monoisotopic (exact) mass is 347 g/mol. The molecule has 0 spiro atoms. The molecule has 0 radical (unpaired) electrons. The van der Waals surface area contributed by atoms with E-state index >= 15 is 0 Å². The van der Waals surface area contributed by atoms with Crippen LogP contribution < -0.4 is 10.0 Å². The molecule has 0 aliphatic heterocycles. The zero-order chi connectivity index (χ0) is 16.8. The van der Waals surface area contributed by atoms with Crippen LogP contribution >= 0.6 is 11.6 Å². The van der Waals surface area contributed by atoms with Crippen molar-refractivity contribution in [1.82, 2.24) is 15.0 Å². The molecule has 0 fully saturated rings. The predicted molar refractivity (Wildman–Crippen MR) is 86.1 cm³/mol. The van der Waals surface area contributed by atoms with Crippen molar-refractivity contribution in [2.24, 2.45) is 5.92 Å². The summed E-state index contributed by atoms with van der Waals surface area (Å²) < 4.78 is 26.8. The minimum Gasteiger partial charge on any atom is -0.356 e. The summed E-state index contributed by atoms with van der Waals surface area (Å²) in [5, 5.41) is 2.68. The zero-order valence-electron chi connectivity index (χ0n) is 13.0. The van der Waals surface area contributed by atoms with E-state index in [0.717, 1.165) is 6.42 Å². The molecule has 0 saturated heterocycles. The van der Waals surface area contributed by atoms with E-state index in [9.17, 15) is 13.2 Å². The number of pyridine rings is 1. The summed E-state index contributed by atoms with van der Waals surface area (Å²) in [7, 11) is -3.79. The van der Waals surface area contributed by atoms with E-state index in [-0.39, 0.29) is 22.4 Å². The molecule has 0 aliphatic rings. The van der Waals surface area contributed by atoms with Crippen LogP contribution in [0, 0.1) is 5.92 Å². The van der Waals surface area contributed by atoms with Crippen LogP contribution in [0.2, 0.25) is 5.15 Å². The summed E-state index contributed by atoms with van der Waals surface area (Å²) in [4.78, 5) is 15.4. The lowest BCUT2D eigenvalue weighted by Gasteiger charge is -2.15. The molecule has 8 heteroatoms. The van der Waals surface area contributed by atoms with E-state index in [1.807, 2.05) is 0 Å². The number of halogens is 1. The topological polar surface area (TPSA) is 88.2 Å². The number of carbonyl (C=O) groups excluding carboxylic acids is 1. The smallest absolute Gasteiger partial charge is 0.243 e. The van der Waals surface area contributed by atoms with Gasteiger partial charge in [0.05, 0.1) is 0 Å². The SMILES string of the molecule is CC(C)CCNC(=O)C[C@@H](C)NS(=O)(=O)c1cccnc1Cl. The molecular weight excluding hydrogens is 326 g/mol. The highest BCUT2D eigenvalue weighted by Crippen LogP contribution is 2.18. The Hall–Kier alpha value is -1.18. The Balaban J connectivity index is 2.55. The van der Waals surface area contributed by atoms with Gasteiger partial charge < -0.3 is 5.32 Å². The molecule has 1 atom stereocenters. The van der Waals surface area contributed by atoms with E-state index in [1.165, 1.54) is 18.3 Å². The van der Waals surface area contributed by atoms with Gasteiger partial charge in [0.1, 0.15) is 10.0 Å². The van der Waals surface area contributed by atoms with E-state index in [2.05, 4.69) is 28.9 Å². The van der Waals surface area contributed by atoms with Crippen molar-refractivity contribution >= 4 is 27.5 Å². The van der Waals surface area contributed by atoms with Crippen molar-refractivity contribution in [3.8, 4) is 0 Å². The second-order valence-electron chi connectivity index (χ2n) is 5.55. The molecule has 0 bridgehead atoms. The number of nitrogens with zero attached hydrogens (tertiary/aromatic N) is 1. The molecule has 1 rings (SSSR count). The first-order valence-corrected chi connectivity index (χ1v) is 8.98. The summed E-state index contributed by atoms with van der Waals surface area (Å²) in [5.74, 6) is 0.317. The van der Waals surface area contributed by atoms with E-state index in [1.54, 1.807) is 6.92 Å². The van der Waals surface area contributed by atoms with Gasteiger partial charge in [0.25, 0.3) is 0 Å². The molecule has 22 heavy (non-hydrogen) atoms. The fourth-order valence-corrected chi connectivity index (χ4v) is 3.49. The maximum atomic E-state index is 12.2. The first-order chi connectivity index (χ1) is 10.2. The van der Waals surface area contributed by atoms with Crippen LogP contribution in [0.3, 0.4) is 0 Å². The number of hydrogen-bond donors (Lipinski definition) is 2. The van der Waals surface area contributed by atoms with Gasteiger partial charge in [-0.25, -0.2) is 18.1 Å². The third-order valence-electron chi connectivity index (χ3n) is 2.91. The number of hydrogen-bond acceptors (Lipinski definition) is 4. The van der Waals surface area contributed by atoms with Crippen LogP contribution in [-0.4, -0.2) is 31.9 Å². The van der Waals surface area contributed by atoms with Crippen molar-refractivity contribution < 1.29 is 13.2 Å². The predicted octanol–water partition coefficient (Wildman–Crippen LogP) is 1.95. The summed E-state index contributed by atoms with van der Waals surface area (Å²) in [6.07, 6.45) is 2.36. The van der Waals surface area contributed by atoms with Crippen LogP contribution in [0.25, 0.3) is 0 Å². The van der Waals surface area contributed by atoms with Gasteiger partial charge in [-0.15, -0.1) is 0 Å². The lowest BCUT2D eigenvalue weighted by Crippen LogP contribution is -2.37. The van der Waals surface area contributed by atoms with Gasteiger partial charge in [0.2, 0.25) is 15.9 Å². The number of rotatable bonds is 8. The third kappa shape index (κ3) is 6.29. The molecule has 6 nitrogen and oxygen atoms in total. The molecule has 0 aromatic carbocycles. The van der Waals surface area contributed by atoms with Crippen molar-refractivity contribution in [1.29, 1.82) is 0 Å². The zero-order valence-corrected chi connectivity index (χ0v) is 14.5. The highest BCUT2D eigenvalue weighted by molar-refractivity contribution is 7.89. The van der Waals surface area contributed by atoms with Crippen LogP contribution in [0.5, 0.6) is 0 Å². The van der Waals surface area contributed by atoms with Crippen molar-refractivity contribution in [3.63, 3.8) is 0 Å². The average molecular weight is 348 g/mol. The maximum Gasteiger partial charge on any atom is 0.243 e. The van der Waals surface area contributed by atoms with E-state index in [0.29, 0.717) is 12.5 Å². The highest BCUT2D eigenvalue weighted by atomic mass is 35.5. The molecule has 1 aromatic heterocycles. The number of amides is 1. The third-order valence-corrected chi connectivity index (χ3v) is 4.94. The minimum absolute atomic E-state index is 0.0647. The molecule has 0 aliphatic carbocycles. The van der Waals surface area contributed by atoms with E-state index in [4.69, 9.17) is 11.6 Å². The van der Waals surface area contributed by atoms with Gasteiger partial charge in [0, 0.05) is 25.2 Å². The first kappa shape index (κ1) is 18.9. The van der Waals surface area contributed by atoms with Gasteiger partial charge in [-0.05, 0) is 31.4 Å². The van der Waals surface area contributed by atoms with Crippen LogP contribution in [-0.2, 0) is 14.8 Å². The Morgan fingerprint density at radius 2 is 2.05 bits per heavy atom. The quantitative estimate of drug-likeness (QED) is 0.703. The second kappa shape index (κ2) is 8.45. The normalized spacial score (nSPS) is 13.1. The second-order valence-corrected chi connectivity index (χ2v) is 7.59. The number of carbonyl (C=O) groups is 1. The number of nitrogens with one attached hydrogen (secondary N) is 2. The van der Waals surface area contributed by atoms with Crippen molar-refractivity contribution in [3.05, 3.63) is 23.5 Å². The largest absolute Gasteiger partial charge is 0.356 e. The average Bonchev–Trinajstić information content (AvgIpc) is 2.37. The maximum absolute atomic E-state index is 12.2. The summed E-state index contributed by atoms with van der Waals surface area (Å²) in [5.41, 5.74) is 0. The summed E-state index contributed by atoms with van der Waals surface area (Å²) >= 11 is 5.79. The fraction of sp³-hybridized carbons (Fsp3) is 0.571. The minimum atomic E-state index is -3.79. The molecule has 1 amide bonds. The van der Waals surface area contributed by atoms with E-state index < -0.39 is 16.1 Å². The molecule has 124 valence electrons. The fourth-order valence-electron chi connectivity index (χ4n) is 1.79. The lowest BCUT2D eigenvalue weighted by molar-refractivity contribution is -0.121. The van der Waals surface area contributed by atoms with Crippen molar-refractivity contribution in [2.45, 2.75) is 44.6 Å².